The number of carbonyl (C=O) groups is 1. The van der Waals surface area contributed by atoms with E-state index in [0.717, 1.165) is 10.5 Å². The van der Waals surface area contributed by atoms with E-state index >= 15 is 0 Å². The molecule has 1 amide bonds. The van der Waals surface area contributed by atoms with Crippen LogP contribution in [0.4, 0.5) is 13.2 Å². The molecule has 0 radical (unpaired) electrons. The van der Waals surface area contributed by atoms with Crippen molar-refractivity contribution in [2.75, 3.05) is 0 Å². The zero-order valence-electron chi connectivity index (χ0n) is 13.8. The van der Waals surface area contributed by atoms with Crippen LogP contribution in [-0.4, -0.2) is 16.1 Å². The Hall–Kier alpha value is -2.68. The Morgan fingerprint density at radius 2 is 1.89 bits per heavy atom. The lowest BCUT2D eigenvalue weighted by atomic mass is 10.1. The lowest BCUT2D eigenvalue weighted by Crippen LogP contribution is -2.26. The van der Waals surface area contributed by atoms with Crippen LogP contribution in [0.2, 0.25) is 0 Å². The molecule has 5 nitrogen and oxygen atoms in total. The van der Waals surface area contributed by atoms with Gasteiger partial charge >= 0.3 is 6.18 Å². The van der Waals surface area contributed by atoms with Crippen molar-refractivity contribution in [2.45, 2.75) is 19.1 Å². The van der Waals surface area contributed by atoms with Crippen LogP contribution >= 0.6 is 15.9 Å². The monoisotopic (exact) mass is 439 g/mol. The molecule has 140 valence electrons. The highest BCUT2D eigenvalue weighted by Gasteiger charge is 2.32. The molecule has 1 N–H and O–H groups in total. The van der Waals surface area contributed by atoms with Gasteiger partial charge in [0.15, 0.2) is 0 Å². The first-order valence-electron chi connectivity index (χ1n) is 7.83. The molecule has 0 aliphatic carbocycles. The normalized spacial score (nSPS) is 11.4. The van der Waals surface area contributed by atoms with Crippen LogP contribution in [0.1, 0.15) is 17.0 Å². The van der Waals surface area contributed by atoms with Gasteiger partial charge in [-0.2, -0.15) is 13.2 Å². The summed E-state index contributed by atoms with van der Waals surface area (Å²) < 4.78 is 45.2. The second-order valence-electron chi connectivity index (χ2n) is 5.62. The van der Waals surface area contributed by atoms with E-state index in [2.05, 4.69) is 31.4 Å². The minimum absolute atomic E-state index is 0.0151. The van der Waals surface area contributed by atoms with Gasteiger partial charge in [0.05, 0.1) is 5.56 Å². The summed E-state index contributed by atoms with van der Waals surface area (Å²) in [6.07, 6.45) is -4.71. The number of halogens is 4. The van der Waals surface area contributed by atoms with Gasteiger partial charge in [0.2, 0.25) is 17.7 Å². The van der Waals surface area contributed by atoms with Crippen molar-refractivity contribution in [3.63, 3.8) is 0 Å². The maximum Gasteiger partial charge on any atom is 0.416 e. The molecule has 1 heterocycles. The molecule has 3 rings (SSSR count). The van der Waals surface area contributed by atoms with E-state index in [9.17, 15) is 18.0 Å². The van der Waals surface area contributed by atoms with Crippen molar-refractivity contribution in [3.8, 4) is 11.5 Å². The smallest absolute Gasteiger partial charge is 0.416 e. The van der Waals surface area contributed by atoms with Crippen LogP contribution in [-0.2, 0) is 23.9 Å². The van der Waals surface area contributed by atoms with E-state index < -0.39 is 17.6 Å². The van der Waals surface area contributed by atoms with Crippen molar-refractivity contribution in [1.29, 1.82) is 0 Å². The van der Waals surface area contributed by atoms with Crippen LogP contribution < -0.4 is 5.32 Å². The van der Waals surface area contributed by atoms with Crippen molar-refractivity contribution in [2.24, 2.45) is 0 Å². The van der Waals surface area contributed by atoms with Gasteiger partial charge in [0.1, 0.15) is 6.42 Å². The number of carbonyl (C=O) groups excluding carboxylic acids is 1. The van der Waals surface area contributed by atoms with Crippen LogP contribution in [0.3, 0.4) is 0 Å². The van der Waals surface area contributed by atoms with Crippen molar-refractivity contribution < 1.29 is 22.4 Å². The first-order valence-corrected chi connectivity index (χ1v) is 8.62. The second kappa shape index (κ2) is 7.91. The number of nitrogens with one attached hydrogen (secondary N) is 1. The fourth-order valence-electron chi connectivity index (χ4n) is 2.41. The van der Waals surface area contributed by atoms with Gasteiger partial charge in [0.25, 0.3) is 0 Å². The number of rotatable bonds is 5. The van der Waals surface area contributed by atoms with Gasteiger partial charge in [-0.15, -0.1) is 10.2 Å². The Morgan fingerprint density at radius 3 is 2.63 bits per heavy atom. The molecule has 0 spiro atoms. The summed E-state index contributed by atoms with van der Waals surface area (Å²) in [4.78, 5) is 12.0. The molecular formula is C18H13BrF3N3O2. The van der Waals surface area contributed by atoms with Gasteiger partial charge < -0.3 is 9.73 Å². The summed E-state index contributed by atoms with van der Waals surface area (Å²) in [5.74, 6) is -0.190. The van der Waals surface area contributed by atoms with Gasteiger partial charge in [-0.25, -0.2) is 0 Å². The van der Waals surface area contributed by atoms with E-state index in [4.69, 9.17) is 4.42 Å². The maximum atomic E-state index is 13.0. The first kappa shape index (κ1) is 19.1. The Kier molecular flexibility index (Phi) is 5.59. The molecule has 0 atom stereocenters. The number of amides is 1. The highest BCUT2D eigenvalue weighted by molar-refractivity contribution is 9.10. The third-order valence-electron chi connectivity index (χ3n) is 3.65. The van der Waals surface area contributed by atoms with Crippen LogP contribution in [0.5, 0.6) is 0 Å². The highest BCUT2D eigenvalue weighted by atomic mass is 79.9. The quantitative estimate of drug-likeness (QED) is 0.640. The first-order chi connectivity index (χ1) is 12.8. The topological polar surface area (TPSA) is 68.0 Å². The standard InChI is InChI=1S/C18H13BrF3N3O2/c19-13-6-3-5-11(8-13)17-25-24-16(27-17)9-15(26)23-10-12-4-1-2-7-14(12)18(20,21)22/h1-8H,9-10H2,(H,23,26). The lowest BCUT2D eigenvalue weighted by Gasteiger charge is -2.12. The SMILES string of the molecule is O=C(Cc1nnc(-c2cccc(Br)c2)o1)NCc1ccccc1C(F)(F)F. The lowest BCUT2D eigenvalue weighted by molar-refractivity contribution is -0.138. The number of nitrogens with zero attached hydrogens (tertiary/aromatic N) is 2. The average molecular weight is 440 g/mol. The highest BCUT2D eigenvalue weighted by Crippen LogP contribution is 2.31. The van der Waals surface area contributed by atoms with Crippen molar-refractivity contribution >= 4 is 21.8 Å². The fraction of sp³-hybridized carbons (Fsp3) is 0.167. The molecule has 0 saturated carbocycles. The Balaban J connectivity index is 1.63. The molecule has 1 aromatic heterocycles. The Bertz CT molecular complexity index is 957. The third-order valence-corrected chi connectivity index (χ3v) is 4.14. The summed E-state index contributed by atoms with van der Waals surface area (Å²) >= 11 is 3.33. The van der Waals surface area contributed by atoms with Crippen molar-refractivity contribution in [1.82, 2.24) is 15.5 Å². The number of benzene rings is 2. The van der Waals surface area contributed by atoms with E-state index in [1.165, 1.54) is 18.2 Å². The molecule has 3 aromatic rings. The summed E-state index contributed by atoms with van der Waals surface area (Å²) in [5, 5.41) is 10.1. The second-order valence-corrected chi connectivity index (χ2v) is 6.54. The van der Waals surface area contributed by atoms with E-state index in [-0.39, 0.29) is 30.3 Å². The predicted molar refractivity (Wildman–Crippen MR) is 94.4 cm³/mol. The molecule has 0 bridgehead atoms. The number of aromatic nitrogens is 2. The zero-order chi connectivity index (χ0) is 19.4. The summed E-state index contributed by atoms with van der Waals surface area (Å²) in [7, 11) is 0. The number of hydrogen-bond donors (Lipinski definition) is 1. The molecular weight excluding hydrogens is 427 g/mol. The predicted octanol–water partition coefficient (Wildman–Crippen LogP) is 4.38. The van der Waals surface area contributed by atoms with Gasteiger partial charge in [-0.1, -0.05) is 40.2 Å². The molecule has 2 aromatic carbocycles. The Morgan fingerprint density at radius 1 is 1.11 bits per heavy atom. The van der Waals surface area contributed by atoms with E-state index in [1.54, 1.807) is 18.2 Å². The summed E-state index contributed by atoms with van der Waals surface area (Å²) in [5.41, 5.74) is -0.110. The molecule has 0 fully saturated rings. The third kappa shape index (κ3) is 4.94. The molecule has 0 unspecified atom stereocenters. The molecule has 0 aliphatic rings. The zero-order valence-corrected chi connectivity index (χ0v) is 15.3. The van der Waals surface area contributed by atoms with E-state index in [1.807, 2.05) is 6.07 Å². The summed E-state index contributed by atoms with van der Waals surface area (Å²) in [6, 6.07) is 12.3. The van der Waals surface area contributed by atoms with Gasteiger partial charge in [-0.3, -0.25) is 4.79 Å². The molecule has 9 heteroatoms. The molecule has 0 aliphatic heterocycles. The number of alkyl halides is 3. The maximum absolute atomic E-state index is 13.0. The molecule has 0 saturated heterocycles. The van der Waals surface area contributed by atoms with E-state index in [0.29, 0.717) is 5.56 Å². The van der Waals surface area contributed by atoms with Gasteiger partial charge in [-0.05, 0) is 29.8 Å². The summed E-state index contributed by atoms with van der Waals surface area (Å²) in [6.45, 7) is -0.249. The van der Waals surface area contributed by atoms with Crippen LogP contribution in [0, 0.1) is 0 Å². The minimum Gasteiger partial charge on any atom is -0.420 e. The van der Waals surface area contributed by atoms with Crippen LogP contribution in [0.25, 0.3) is 11.5 Å². The van der Waals surface area contributed by atoms with Gasteiger partial charge in [0, 0.05) is 16.6 Å². The molecule has 27 heavy (non-hydrogen) atoms. The Labute approximate surface area is 160 Å². The average Bonchev–Trinajstić information content (AvgIpc) is 3.08. The van der Waals surface area contributed by atoms with Crippen molar-refractivity contribution in [3.05, 3.63) is 70.0 Å². The minimum atomic E-state index is -4.48. The number of hydrogen-bond acceptors (Lipinski definition) is 4. The van der Waals surface area contributed by atoms with Crippen LogP contribution in [0.15, 0.2) is 57.4 Å². The fourth-order valence-corrected chi connectivity index (χ4v) is 2.81. The largest absolute Gasteiger partial charge is 0.420 e.